The summed E-state index contributed by atoms with van der Waals surface area (Å²) in [6.45, 7) is 3.18. The molecule has 134 valence electrons. The molecule has 3 rings (SSSR count). The van der Waals surface area contributed by atoms with Gasteiger partial charge in [0.25, 0.3) is 0 Å². The molecule has 7 nitrogen and oxygen atoms in total. The van der Waals surface area contributed by atoms with Crippen molar-refractivity contribution in [1.29, 1.82) is 0 Å². The summed E-state index contributed by atoms with van der Waals surface area (Å²) in [5.41, 5.74) is 1.65. The summed E-state index contributed by atoms with van der Waals surface area (Å²) in [5, 5.41) is 6.07. The number of morpholine rings is 1. The average Bonchev–Trinajstić information content (AvgIpc) is 2.61. The molecule has 0 spiro atoms. The molecule has 1 aromatic rings. The number of hydrogen-bond acceptors (Lipinski definition) is 5. The molecule has 0 bridgehead atoms. The lowest BCUT2D eigenvalue weighted by molar-refractivity contribution is -0.136. The zero-order valence-corrected chi connectivity index (χ0v) is 14.6. The number of hydrogen-bond donors (Lipinski definition) is 2. The summed E-state index contributed by atoms with van der Waals surface area (Å²) in [6.07, 6.45) is 0. The predicted molar refractivity (Wildman–Crippen MR) is 92.2 cm³/mol. The van der Waals surface area contributed by atoms with Gasteiger partial charge in [-0.15, -0.1) is 0 Å². The van der Waals surface area contributed by atoms with Gasteiger partial charge < -0.3 is 20.1 Å². The van der Waals surface area contributed by atoms with Crippen molar-refractivity contribution in [2.45, 2.75) is 6.04 Å². The highest BCUT2D eigenvalue weighted by Gasteiger charge is 2.34. The third kappa shape index (κ3) is 4.12. The Labute approximate surface area is 150 Å². The highest BCUT2D eigenvalue weighted by atomic mass is 35.5. The van der Waals surface area contributed by atoms with E-state index in [2.05, 4.69) is 15.5 Å². The van der Waals surface area contributed by atoms with E-state index >= 15 is 0 Å². The minimum absolute atomic E-state index is 0.360. The number of methoxy groups -OCH3 is 1. The number of nitrogens with zero attached hydrogens (tertiary/aromatic N) is 1. The van der Waals surface area contributed by atoms with Crippen LogP contribution in [0.2, 0.25) is 5.02 Å². The van der Waals surface area contributed by atoms with Gasteiger partial charge in [-0.2, -0.15) is 0 Å². The van der Waals surface area contributed by atoms with Crippen molar-refractivity contribution in [3.63, 3.8) is 0 Å². The molecule has 1 aromatic carbocycles. The lowest BCUT2D eigenvalue weighted by atomic mass is 9.95. The minimum Gasteiger partial charge on any atom is -0.466 e. The van der Waals surface area contributed by atoms with E-state index in [-0.39, 0.29) is 6.03 Å². The SMILES string of the molecule is COC(=O)C1=C(CN2CCOCC2)NC(=O)N[C@H]1c1cccc(Cl)c1. The molecule has 1 fully saturated rings. The van der Waals surface area contributed by atoms with Crippen LogP contribution >= 0.6 is 11.6 Å². The van der Waals surface area contributed by atoms with Gasteiger partial charge in [0.15, 0.2) is 0 Å². The van der Waals surface area contributed by atoms with Gasteiger partial charge in [0.1, 0.15) is 0 Å². The summed E-state index contributed by atoms with van der Waals surface area (Å²) in [5.74, 6) is -0.485. The molecule has 0 unspecified atom stereocenters. The summed E-state index contributed by atoms with van der Waals surface area (Å²) in [7, 11) is 1.33. The number of rotatable bonds is 4. The van der Waals surface area contributed by atoms with Gasteiger partial charge in [0, 0.05) is 30.4 Å². The number of halogens is 1. The Hall–Kier alpha value is -2.09. The maximum Gasteiger partial charge on any atom is 0.338 e. The van der Waals surface area contributed by atoms with Crippen LogP contribution in [0.3, 0.4) is 0 Å². The van der Waals surface area contributed by atoms with Crippen LogP contribution in [-0.2, 0) is 14.3 Å². The van der Waals surface area contributed by atoms with Gasteiger partial charge in [-0.1, -0.05) is 23.7 Å². The van der Waals surface area contributed by atoms with Gasteiger partial charge in [0.05, 0.1) is 31.9 Å². The molecular formula is C17H20ClN3O4. The number of carbonyl (C=O) groups is 2. The fraction of sp³-hybridized carbons (Fsp3) is 0.412. The molecule has 0 aliphatic carbocycles. The molecular weight excluding hydrogens is 346 g/mol. The Morgan fingerprint density at radius 2 is 2.16 bits per heavy atom. The molecule has 8 heteroatoms. The molecule has 0 radical (unpaired) electrons. The molecule has 2 amide bonds. The molecule has 1 atom stereocenters. The smallest absolute Gasteiger partial charge is 0.338 e. The molecule has 2 heterocycles. The van der Waals surface area contributed by atoms with Crippen molar-refractivity contribution < 1.29 is 19.1 Å². The molecule has 2 aliphatic heterocycles. The Balaban J connectivity index is 1.98. The molecule has 2 N–H and O–H groups in total. The highest BCUT2D eigenvalue weighted by Crippen LogP contribution is 2.29. The van der Waals surface area contributed by atoms with Crippen LogP contribution in [0.15, 0.2) is 35.5 Å². The van der Waals surface area contributed by atoms with E-state index in [4.69, 9.17) is 21.1 Å². The average molecular weight is 366 g/mol. The van der Waals surface area contributed by atoms with Crippen LogP contribution in [-0.4, -0.2) is 56.9 Å². The zero-order valence-electron chi connectivity index (χ0n) is 13.9. The van der Waals surface area contributed by atoms with Crippen molar-refractivity contribution >= 4 is 23.6 Å². The number of esters is 1. The number of urea groups is 1. The lowest BCUT2D eigenvalue weighted by Gasteiger charge is -2.33. The Bertz CT molecular complexity index is 701. The molecule has 1 saturated heterocycles. The Morgan fingerprint density at radius 3 is 2.84 bits per heavy atom. The number of benzene rings is 1. The van der Waals surface area contributed by atoms with E-state index in [9.17, 15) is 9.59 Å². The quantitative estimate of drug-likeness (QED) is 0.789. The van der Waals surface area contributed by atoms with Gasteiger partial charge in [0.2, 0.25) is 0 Å². The summed E-state index contributed by atoms with van der Waals surface area (Å²) >= 11 is 6.07. The molecule has 0 aromatic heterocycles. The number of carbonyl (C=O) groups excluding carboxylic acids is 2. The van der Waals surface area contributed by atoms with Gasteiger partial charge >= 0.3 is 12.0 Å². The van der Waals surface area contributed by atoms with E-state index in [0.717, 1.165) is 18.7 Å². The monoisotopic (exact) mass is 365 g/mol. The molecule has 25 heavy (non-hydrogen) atoms. The van der Waals surface area contributed by atoms with Crippen molar-refractivity contribution in [2.24, 2.45) is 0 Å². The van der Waals surface area contributed by atoms with Crippen LogP contribution in [0, 0.1) is 0 Å². The van der Waals surface area contributed by atoms with E-state index in [1.807, 2.05) is 6.07 Å². The second-order valence-corrected chi connectivity index (χ2v) is 6.30. The number of nitrogens with one attached hydrogen (secondary N) is 2. The predicted octanol–water partition coefficient (Wildman–Crippen LogP) is 1.45. The maximum atomic E-state index is 12.4. The fourth-order valence-electron chi connectivity index (χ4n) is 3.01. The number of ether oxygens (including phenoxy) is 2. The van der Waals surface area contributed by atoms with Crippen LogP contribution in [0.25, 0.3) is 0 Å². The molecule has 2 aliphatic rings. The third-order valence-electron chi connectivity index (χ3n) is 4.23. The summed E-state index contributed by atoms with van der Waals surface area (Å²) < 4.78 is 10.3. The second kappa shape index (κ2) is 7.86. The highest BCUT2D eigenvalue weighted by molar-refractivity contribution is 6.30. The summed E-state index contributed by atoms with van der Waals surface area (Å²) in [6, 6.07) is 6.09. The van der Waals surface area contributed by atoms with Crippen LogP contribution in [0.1, 0.15) is 11.6 Å². The van der Waals surface area contributed by atoms with E-state index in [0.29, 0.717) is 36.1 Å². The normalized spacial score (nSPS) is 21.5. The van der Waals surface area contributed by atoms with E-state index in [1.54, 1.807) is 18.2 Å². The first-order valence-corrected chi connectivity index (χ1v) is 8.40. The van der Waals surface area contributed by atoms with E-state index in [1.165, 1.54) is 7.11 Å². The van der Waals surface area contributed by atoms with Gasteiger partial charge in [-0.3, -0.25) is 4.90 Å². The first-order chi connectivity index (χ1) is 12.1. The Morgan fingerprint density at radius 1 is 1.40 bits per heavy atom. The minimum atomic E-state index is -0.615. The second-order valence-electron chi connectivity index (χ2n) is 5.86. The van der Waals surface area contributed by atoms with Crippen molar-refractivity contribution in [1.82, 2.24) is 15.5 Å². The number of amides is 2. The van der Waals surface area contributed by atoms with Crippen molar-refractivity contribution in [3.8, 4) is 0 Å². The van der Waals surface area contributed by atoms with Crippen molar-refractivity contribution in [3.05, 3.63) is 46.1 Å². The standard InChI is InChI=1S/C17H20ClN3O4/c1-24-16(22)14-13(10-21-5-7-25-8-6-21)19-17(23)20-15(14)11-3-2-4-12(18)9-11/h2-4,9,15H,5-8,10H2,1H3,(H2,19,20,23)/t15-/m0/s1. The van der Waals surface area contributed by atoms with E-state index < -0.39 is 12.0 Å². The van der Waals surface area contributed by atoms with Crippen LogP contribution < -0.4 is 10.6 Å². The first kappa shape index (κ1) is 17.7. The fourth-order valence-corrected chi connectivity index (χ4v) is 3.21. The molecule has 0 saturated carbocycles. The largest absolute Gasteiger partial charge is 0.466 e. The third-order valence-corrected chi connectivity index (χ3v) is 4.46. The van der Waals surface area contributed by atoms with Crippen LogP contribution in [0.5, 0.6) is 0 Å². The lowest BCUT2D eigenvalue weighted by Crippen LogP contribution is -2.49. The Kier molecular flexibility index (Phi) is 5.57. The van der Waals surface area contributed by atoms with Gasteiger partial charge in [-0.25, -0.2) is 9.59 Å². The first-order valence-electron chi connectivity index (χ1n) is 8.03. The topological polar surface area (TPSA) is 79.9 Å². The van der Waals surface area contributed by atoms with Crippen molar-refractivity contribution in [2.75, 3.05) is 40.0 Å². The maximum absolute atomic E-state index is 12.4. The van der Waals surface area contributed by atoms with Crippen LogP contribution in [0.4, 0.5) is 4.79 Å². The summed E-state index contributed by atoms with van der Waals surface area (Å²) in [4.78, 5) is 26.7. The zero-order chi connectivity index (χ0) is 17.8. The van der Waals surface area contributed by atoms with Gasteiger partial charge in [-0.05, 0) is 17.7 Å².